The molecular weight excluding hydrogens is 453 g/mol. The van der Waals surface area contributed by atoms with Crippen LogP contribution >= 0.6 is 0 Å². The highest BCUT2D eigenvalue weighted by molar-refractivity contribution is 5.75. The normalized spacial score (nSPS) is 24.4. The van der Waals surface area contributed by atoms with Crippen LogP contribution in [0.5, 0.6) is 0 Å². The Bertz CT molecular complexity index is 1040. The van der Waals surface area contributed by atoms with E-state index >= 15 is 4.39 Å². The van der Waals surface area contributed by atoms with Gasteiger partial charge in [-0.15, -0.1) is 0 Å². The summed E-state index contributed by atoms with van der Waals surface area (Å²) in [6, 6.07) is 12.9. The molecule has 0 amide bonds. The summed E-state index contributed by atoms with van der Waals surface area (Å²) in [5.74, 6) is 0.906. The number of hydrogen-bond acceptors (Lipinski definition) is 0. The largest absolute Gasteiger partial charge is 0.239 e. The SMILES string of the molecule is CCCCCCCCC1=CC=C(c2ccc(-c3ccc(C4CCC(C)CC4)c(F)c3)cc2)C(F)C1F. The summed E-state index contributed by atoms with van der Waals surface area (Å²) >= 11 is 0. The van der Waals surface area contributed by atoms with E-state index in [0.29, 0.717) is 29.0 Å². The van der Waals surface area contributed by atoms with Gasteiger partial charge in [0.15, 0.2) is 12.3 Å². The number of allylic oxidation sites excluding steroid dienone is 4. The lowest BCUT2D eigenvalue weighted by atomic mass is 9.79. The number of rotatable bonds is 10. The van der Waals surface area contributed by atoms with E-state index in [1.165, 1.54) is 19.3 Å². The third-order valence-corrected chi connectivity index (χ3v) is 8.21. The molecule has 0 N–H and O–H groups in total. The lowest BCUT2D eigenvalue weighted by molar-refractivity contribution is 0.237. The van der Waals surface area contributed by atoms with E-state index in [0.717, 1.165) is 67.6 Å². The molecule has 194 valence electrons. The lowest BCUT2D eigenvalue weighted by Gasteiger charge is -2.27. The van der Waals surface area contributed by atoms with Crippen molar-refractivity contribution < 1.29 is 13.2 Å². The van der Waals surface area contributed by atoms with E-state index in [9.17, 15) is 8.78 Å². The van der Waals surface area contributed by atoms with Gasteiger partial charge in [-0.05, 0) is 77.0 Å². The number of halogens is 3. The molecule has 4 rings (SSSR count). The first-order valence-electron chi connectivity index (χ1n) is 14.1. The van der Waals surface area contributed by atoms with E-state index in [1.54, 1.807) is 18.2 Å². The van der Waals surface area contributed by atoms with E-state index in [4.69, 9.17) is 0 Å². The van der Waals surface area contributed by atoms with Crippen molar-refractivity contribution in [2.75, 3.05) is 0 Å². The first-order chi connectivity index (χ1) is 17.5. The Hall–Kier alpha value is -2.29. The minimum Gasteiger partial charge on any atom is -0.239 e. The average Bonchev–Trinajstić information content (AvgIpc) is 2.89. The molecule has 3 heteroatoms. The molecule has 0 spiro atoms. The van der Waals surface area contributed by atoms with Crippen LogP contribution in [-0.4, -0.2) is 12.3 Å². The topological polar surface area (TPSA) is 0 Å². The van der Waals surface area contributed by atoms with Crippen LogP contribution in [0.3, 0.4) is 0 Å². The highest BCUT2D eigenvalue weighted by atomic mass is 19.2. The van der Waals surface area contributed by atoms with Crippen LogP contribution in [-0.2, 0) is 0 Å². The van der Waals surface area contributed by atoms with Gasteiger partial charge in [-0.25, -0.2) is 13.2 Å². The molecule has 1 fully saturated rings. The van der Waals surface area contributed by atoms with E-state index in [-0.39, 0.29) is 5.82 Å². The zero-order valence-electron chi connectivity index (χ0n) is 21.9. The van der Waals surface area contributed by atoms with Crippen LogP contribution in [0, 0.1) is 11.7 Å². The molecule has 2 atom stereocenters. The summed E-state index contributed by atoms with van der Waals surface area (Å²) < 4.78 is 44.9. The van der Waals surface area contributed by atoms with Crippen molar-refractivity contribution in [2.45, 2.75) is 103 Å². The van der Waals surface area contributed by atoms with Gasteiger partial charge in [-0.3, -0.25) is 0 Å². The monoisotopic (exact) mass is 494 g/mol. The molecule has 0 aromatic heterocycles. The molecule has 0 radical (unpaired) electrons. The molecule has 0 nitrogen and oxygen atoms in total. The average molecular weight is 495 g/mol. The Morgan fingerprint density at radius 3 is 2.06 bits per heavy atom. The Kier molecular flexibility index (Phi) is 9.51. The third kappa shape index (κ3) is 6.52. The number of hydrogen-bond donors (Lipinski definition) is 0. The van der Waals surface area contributed by atoms with Crippen molar-refractivity contribution in [3.8, 4) is 11.1 Å². The van der Waals surface area contributed by atoms with Crippen molar-refractivity contribution in [1.29, 1.82) is 0 Å². The van der Waals surface area contributed by atoms with Crippen LogP contribution in [0.4, 0.5) is 13.2 Å². The van der Waals surface area contributed by atoms with E-state index < -0.39 is 12.3 Å². The molecule has 0 saturated heterocycles. The summed E-state index contributed by atoms with van der Waals surface area (Å²) in [7, 11) is 0. The predicted molar refractivity (Wildman–Crippen MR) is 146 cm³/mol. The molecule has 2 aromatic rings. The van der Waals surface area contributed by atoms with E-state index in [1.807, 2.05) is 36.4 Å². The van der Waals surface area contributed by atoms with Crippen molar-refractivity contribution in [3.05, 3.63) is 77.1 Å². The Morgan fingerprint density at radius 2 is 1.36 bits per heavy atom. The molecule has 2 unspecified atom stereocenters. The molecule has 0 heterocycles. The Morgan fingerprint density at radius 1 is 0.722 bits per heavy atom. The van der Waals surface area contributed by atoms with Gasteiger partial charge in [-0.1, -0.05) is 107 Å². The van der Waals surface area contributed by atoms with E-state index in [2.05, 4.69) is 13.8 Å². The van der Waals surface area contributed by atoms with Gasteiger partial charge in [0, 0.05) is 0 Å². The van der Waals surface area contributed by atoms with Crippen LogP contribution in [0.25, 0.3) is 16.7 Å². The maximum atomic E-state index is 15.0. The van der Waals surface area contributed by atoms with Crippen molar-refractivity contribution in [1.82, 2.24) is 0 Å². The fourth-order valence-corrected chi connectivity index (χ4v) is 5.78. The number of unbranched alkanes of at least 4 members (excludes halogenated alkanes) is 5. The molecule has 1 saturated carbocycles. The molecule has 0 aliphatic heterocycles. The molecule has 2 aliphatic carbocycles. The smallest absolute Gasteiger partial charge is 0.161 e. The molecule has 36 heavy (non-hydrogen) atoms. The summed E-state index contributed by atoms with van der Waals surface area (Å²) in [6.45, 7) is 4.46. The molecule has 2 aromatic carbocycles. The zero-order valence-corrected chi connectivity index (χ0v) is 21.9. The van der Waals surface area contributed by atoms with Gasteiger partial charge in [0.05, 0.1) is 0 Å². The lowest BCUT2D eigenvalue weighted by Crippen LogP contribution is -2.24. The second kappa shape index (κ2) is 12.8. The Labute approximate surface area is 215 Å². The Balaban J connectivity index is 1.40. The van der Waals surface area contributed by atoms with Crippen LogP contribution in [0.15, 0.2) is 60.2 Å². The molecule has 2 aliphatic rings. The first-order valence-corrected chi connectivity index (χ1v) is 14.1. The van der Waals surface area contributed by atoms with Crippen LogP contribution < -0.4 is 0 Å². The summed E-state index contributed by atoms with van der Waals surface area (Å²) in [5, 5.41) is 0. The summed E-state index contributed by atoms with van der Waals surface area (Å²) in [6.07, 6.45) is 12.1. The zero-order chi connectivity index (χ0) is 25.5. The maximum absolute atomic E-state index is 15.0. The van der Waals surface area contributed by atoms with Gasteiger partial charge in [0.2, 0.25) is 0 Å². The highest BCUT2D eigenvalue weighted by Crippen LogP contribution is 2.38. The van der Waals surface area contributed by atoms with Crippen molar-refractivity contribution in [2.24, 2.45) is 5.92 Å². The molecular formula is C33H41F3. The first kappa shape index (κ1) is 26.8. The quantitative estimate of drug-likeness (QED) is 0.288. The third-order valence-electron chi connectivity index (χ3n) is 8.21. The summed E-state index contributed by atoms with van der Waals surface area (Å²) in [5.41, 5.74) is 4.15. The highest BCUT2D eigenvalue weighted by Gasteiger charge is 2.31. The van der Waals surface area contributed by atoms with Gasteiger partial charge in [0.25, 0.3) is 0 Å². The number of alkyl halides is 2. The fraction of sp³-hybridized carbons (Fsp3) is 0.515. The second-order valence-corrected chi connectivity index (χ2v) is 11.0. The minimum absolute atomic E-state index is 0.141. The standard InChI is InChI=1S/C33H41F3/c1-3-4-5-6-7-8-9-27-18-21-30(33(36)32(27)35)26-16-14-24(15-17-26)28-19-20-29(31(34)22-28)25-12-10-23(2)11-13-25/h14-23,25,32-33H,3-13H2,1-2H3. The maximum Gasteiger partial charge on any atom is 0.161 e. The second-order valence-electron chi connectivity index (χ2n) is 11.0. The van der Waals surface area contributed by atoms with Crippen molar-refractivity contribution in [3.63, 3.8) is 0 Å². The predicted octanol–water partition coefficient (Wildman–Crippen LogP) is 10.5. The van der Waals surface area contributed by atoms with Gasteiger partial charge in [0.1, 0.15) is 5.82 Å². The van der Waals surface area contributed by atoms with Crippen LogP contribution in [0.1, 0.15) is 102 Å². The molecule has 0 bridgehead atoms. The number of benzene rings is 2. The fourth-order valence-electron chi connectivity index (χ4n) is 5.78. The van der Waals surface area contributed by atoms with Crippen molar-refractivity contribution >= 4 is 5.57 Å². The van der Waals surface area contributed by atoms with Gasteiger partial charge >= 0.3 is 0 Å². The summed E-state index contributed by atoms with van der Waals surface area (Å²) in [4.78, 5) is 0. The minimum atomic E-state index is -1.65. The van der Waals surface area contributed by atoms with Crippen LogP contribution in [0.2, 0.25) is 0 Å². The van der Waals surface area contributed by atoms with Gasteiger partial charge in [-0.2, -0.15) is 0 Å². The van der Waals surface area contributed by atoms with Gasteiger partial charge < -0.3 is 0 Å².